The van der Waals surface area contributed by atoms with Crippen LogP contribution < -0.4 is 15.4 Å². The molecule has 0 aliphatic rings. The number of halogens is 1. The van der Waals surface area contributed by atoms with Crippen LogP contribution in [0.3, 0.4) is 0 Å². The van der Waals surface area contributed by atoms with Crippen molar-refractivity contribution in [2.75, 3.05) is 32.1 Å². The lowest BCUT2D eigenvalue weighted by Gasteiger charge is -2.21. The van der Waals surface area contributed by atoms with E-state index < -0.39 is 0 Å². The zero-order valence-corrected chi connectivity index (χ0v) is 17.0. The normalized spacial score (nSPS) is 10.6. The van der Waals surface area contributed by atoms with Gasteiger partial charge in [-0.05, 0) is 36.7 Å². The molecular formula is C21H26ClN3O3. The highest BCUT2D eigenvalue weighted by Gasteiger charge is 2.15. The van der Waals surface area contributed by atoms with Crippen LogP contribution in [0.4, 0.5) is 5.69 Å². The monoisotopic (exact) mass is 403 g/mol. The maximum atomic E-state index is 12.4. The molecule has 0 radical (unpaired) electrons. The smallest absolute Gasteiger partial charge is 0.238 e. The molecule has 2 aromatic rings. The number of methoxy groups -OCH3 is 1. The first kappa shape index (κ1) is 21.7. The second kappa shape index (κ2) is 11.3. The van der Waals surface area contributed by atoms with E-state index in [9.17, 15) is 9.59 Å². The van der Waals surface area contributed by atoms with Gasteiger partial charge in [0.25, 0.3) is 0 Å². The Balaban J connectivity index is 1.88. The van der Waals surface area contributed by atoms with Crippen molar-refractivity contribution in [2.24, 2.45) is 0 Å². The molecule has 0 saturated heterocycles. The van der Waals surface area contributed by atoms with Gasteiger partial charge in [0.1, 0.15) is 5.75 Å². The number of anilines is 1. The summed E-state index contributed by atoms with van der Waals surface area (Å²) in [7, 11) is 1.55. The van der Waals surface area contributed by atoms with Crippen molar-refractivity contribution >= 4 is 29.1 Å². The van der Waals surface area contributed by atoms with Crippen molar-refractivity contribution in [1.82, 2.24) is 10.2 Å². The molecule has 28 heavy (non-hydrogen) atoms. The van der Waals surface area contributed by atoms with Crippen LogP contribution in [-0.4, -0.2) is 43.5 Å². The highest BCUT2D eigenvalue weighted by molar-refractivity contribution is 6.31. The Labute approximate surface area is 170 Å². The van der Waals surface area contributed by atoms with Crippen LogP contribution in [0.5, 0.6) is 5.75 Å². The van der Waals surface area contributed by atoms with E-state index in [1.54, 1.807) is 25.3 Å². The number of carbonyl (C=O) groups excluding carboxylic acids is 2. The number of hydrogen-bond acceptors (Lipinski definition) is 4. The summed E-state index contributed by atoms with van der Waals surface area (Å²) in [6.07, 6.45) is 0.833. The number of amides is 2. The Bertz CT molecular complexity index is 798. The lowest BCUT2D eigenvalue weighted by atomic mass is 10.2. The summed E-state index contributed by atoms with van der Waals surface area (Å²) in [5.74, 6) is 0.241. The van der Waals surface area contributed by atoms with Gasteiger partial charge in [-0.15, -0.1) is 0 Å². The van der Waals surface area contributed by atoms with Crippen molar-refractivity contribution < 1.29 is 14.3 Å². The minimum atomic E-state index is -0.197. The zero-order valence-electron chi connectivity index (χ0n) is 16.2. The predicted molar refractivity (Wildman–Crippen MR) is 112 cm³/mol. The largest absolute Gasteiger partial charge is 0.495 e. The zero-order chi connectivity index (χ0) is 20.4. The number of rotatable bonds is 10. The van der Waals surface area contributed by atoms with E-state index in [1.165, 1.54) is 0 Å². The minimum absolute atomic E-state index is 0.116. The molecular weight excluding hydrogens is 378 g/mol. The van der Waals surface area contributed by atoms with Crippen LogP contribution in [0.15, 0.2) is 48.5 Å². The number of carbonyl (C=O) groups is 2. The number of nitrogens with one attached hydrogen (secondary N) is 2. The van der Waals surface area contributed by atoms with E-state index in [-0.39, 0.29) is 24.9 Å². The van der Waals surface area contributed by atoms with Gasteiger partial charge in [-0.2, -0.15) is 0 Å². The molecule has 2 amide bonds. The average molecular weight is 404 g/mol. The van der Waals surface area contributed by atoms with Crippen molar-refractivity contribution in [3.05, 3.63) is 59.1 Å². The molecule has 0 fully saturated rings. The number of nitrogens with zero attached hydrogens (tertiary/aromatic N) is 1. The van der Waals surface area contributed by atoms with Gasteiger partial charge in [-0.25, -0.2) is 0 Å². The Morgan fingerprint density at radius 3 is 2.43 bits per heavy atom. The Morgan fingerprint density at radius 1 is 1.04 bits per heavy atom. The third-order valence-electron chi connectivity index (χ3n) is 4.09. The van der Waals surface area contributed by atoms with E-state index in [0.29, 0.717) is 29.5 Å². The first-order valence-electron chi connectivity index (χ1n) is 9.18. The molecule has 7 heteroatoms. The quantitative estimate of drug-likeness (QED) is 0.638. The molecule has 0 aliphatic carbocycles. The van der Waals surface area contributed by atoms with Gasteiger partial charge in [0.2, 0.25) is 11.8 Å². The van der Waals surface area contributed by atoms with E-state index in [1.807, 2.05) is 42.2 Å². The molecule has 150 valence electrons. The second-order valence-corrected chi connectivity index (χ2v) is 6.73. The van der Waals surface area contributed by atoms with Crippen LogP contribution >= 0.6 is 11.6 Å². The Kier molecular flexibility index (Phi) is 8.78. The van der Waals surface area contributed by atoms with E-state index in [2.05, 4.69) is 10.6 Å². The molecule has 0 heterocycles. The summed E-state index contributed by atoms with van der Waals surface area (Å²) in [4.78, 5) is 26.5. The fourth-order valence-electron chi connectivity index (χ4n) is 2.77. The van der Waals surface area contributed by atoms with E-state index in [4.69, 9.17) is 16.3 Å². The van der Waals surface area contributed by atoms with Crippen LogP contribution in [0, 0.1) is 0 Å². The molecule has 0 bridgehead atoms. The molecule has 6 nitrogen and oxygen atoms in total. The van der Waals surface area contributed by atoms with Crippen molar-refractivity contribution in [3.8, 4) is 5.75 Å². The van der Waals surface area contributed by atoms with Gasteiger partial charge in [-0.3, -0.25) is 14.5 Å². The van der Waals surface area contributed by atoms with Gasteiger partial charge in [0.05, 0.1) is 25.9 Å². The molecule has 0 aliphatic heterocycles. The van der Waals surface area contributed by atoms with Crippen LogP contribution in [0.25, 0.3) is 0 Å². The fourth-order valence-corrected chi connectivity index (χ4v) is 2.97. The molecule has 2 aromatic carbocycles. The van der Waals surface area contributed by atoms with Crippen LogP contribution in [0.1, 0.15) is 18.9 Å². The predicted octanol–water partition coefficient (Wildman–Crippen LogP) is 3.32. The van der Waals surface area contributed by atoms with E-state index in [0.717, 1.165) is 12.0 Å². The maximum absolute atomic E-state index is 12.4. The molecule has 0 spiro atoms. The fraction of sp³-hybridized carbons (Fsp3) is 0.333. The summed E-state index contributed by atoms with van der Waals surface area (Å²) in [5.41, 5.74) is 1.46. The second-order valence-electron chi connectivity index (χ2n) is 6.33. The summed E-state index contributed by atoms with van der Waals surface area (Å²) < 4.78 is 5.24. The Morgan fingerprint density at radius 2 is 1.71 bits per heavy atom. The SMILES string of the molecule is CCCN(CC(=O)NCc1ccccc1Cl)CC(=O)Nc1ccccc1OC. The Hall–Kier alpha value is -2.57. The summed E-state index contributed by atoms with van der Waals surface area (Å²) in [6.45, 7) is 3.25. The first-order chi connectivity index (χ1) is 13.5. The van der Waals surface area contributed by atoms with Crippen molar-refractivity contribution in [3.63, 3.8) is 0 Å². The van der Waals surface area contributed by atoms with Gasteiger partial charge >= 0.3 is 0 Å². The third kappa shape index (κ3) is 6.87. The summed E-state index contributed by atoms with van der Waals surface area (Å²) >= 11 is 6.11. The van der Waals surface area contributed by atoms with Gasteiger partial charge in [0.15, 0.2) is 0 Å². The summed E-state index contributed by atoms with van der Waals surface area (Å²) in [5, 5.41) is 6.30. The number of para-hydroxylation sites is 2. The van der Waals surface area contributed by atoms with Crippen molar-refractivity contribution in [2.45, 2.75) is 19.9 Å². The molecule has 0 saturated carbocycles. The van der Waals surface area contributed by atoms with E-state index >= 15 is 0 Å². The third-order valence-corrected chi connectivity index (χ3v) is 4.46. The van der Waals surface area contributed by atoms with Crippen LogP contribution in [0.2, 0.25) is 5.02 Å². The standard InChI is InChI=1S/C21H26ClN3O3/c1-3-12-25(14-20(26)23-13-16-8-4-5-9-17(16)22)15-21(27)24-18-10-6-7-11-19(18)28-2/h4-11H,3,12-15H2,1-2H3,(H,23,26)(H,24,27). The summed E-state index contributed by atoms with van der Waals surface area (Å²) in [6, 6.07) is 14.6. The van der Waals surface area contributed by atoms with Gasteiger partial charge in [0, 0.05) is 11.6 Å². The number of ether oxygens (including phenoxy) is 1. The molecule has 0 unspecified atom stereocenters. The minimum Gasteiger partial charge on any atom is -0.495 e. The molecule has 2 N–H and O–H groups in total. The molecule has 2 rings (SSSR count). The lowest BCUT2D eigenvalue weighted by Crippen LogP contribution is -2.41. The molecule has 0 aromatic heterocycles. The van der Waals surface area contributed by atoms with Gasteiger partial charge in [-0.1, -0.05) is 48.9 Å². The maximum Gasteiger partial charge on any atom is 0.238 e. The first-order valence-corrected chi connectivity index (χ1v) is 9.56. The van der Waals surface area contributed by atoms with Crippen LogP contribution in [-0.2, 0) is 16.1 Å². The molecule has 0 atom stereocenters. The van der Waals surface area contributed by atoms with Gasteiger partial charge < -0.3 is 15.4 Å². The number of benzene rings is 2. The van der Waals surface area contributed by atoms with Crippen molar-refractivity contribution in [1.29, 1.82) is 0 Å². The topological polar surface area (TPSA) is 70.7 Å². The average Bonchev–Trinajstić information content (AvgIpc) is 2.68. The highest BCUT2D eigenvalue weighted by Crippen LogP contribution is 2.22. The highest BCUT2D eigenvalue weighted by atomic mass is 35.5. The lowest BCUT2D eigenvalue weighted by molar-refractivity contribution is -0.123. The number of hydrogen-bond donors (Lipinski definition) is 2.